The van der Waals surface area contributed by atoms with Gasteiger partial charge in [-0.25, -0.2) is 0 Å². The summed E-state index contributed by atoms with van der Waals surface area (Å²) in [6.07, 6.45) is 3.46. The molecule has 6 heteroatoms. The van der Waals surface area contributed by atoms with Crippen LogP contribution in [-0.2, 0) is 16.1 Å². The Kier molecular flexibility index (Phi) is 4.37. The molecule has 0 bridgehead atoms. The third-order valence-electron chi connectivity index (χ3n) is 5.43. The molecule has 2 atom stereocenters. The number of nitrogens with zero attached hydrogens (tertiary/aromatic N) is 3. The first-order valence-corrected chi connectivity index (χ1v) is 8.67. The molecule has 23 heavy (non-hydrogen) atoms. The summed E-state index contributed by atoms with van der Waals surface area (Å²) in [5, 5.41) is 0. The number of likely N-dealkylation sites (tertiary alicyclic amines) is 2. The van der Waals surface area contributed by atoms with Crippen LogP contribution in [0.15, 0.2) is 22.8 Å². The van der Waals surface area contributed by atoms with Crippen LogP contribution >= 0.6 is 0 Å². The highest BCUT2D eigenvalue weighted by molar-refractivity contribution is 5.80. The number of fused-ring (bicyclic) bond motifs is 1. The standard InChI is InChI=1S/C17H25N3O3/c21-17-12-16-15(3-4-19(16)13-14-2-1-9-23-14)20(17)6-5-18-7-10-22-11-8-18/h1-2,9,15-16H,3-8,10-13H2/t15-,16+/m0/s1. The van der Waals surface area contributed by atoms with E-state index >= 15 is 0 Å². The molecule has 1 amide bonds. The van der Waals surface area contributed by atoms with E-state index < -0.39 is 0 Å². The zero-order valence-electron chi connectivity index (χ0n) is 13.5. The molecule has 4 rings (SSSR count). The predicted octanol–water partition coefficient (Wildman–Crippen LogP) is 0.787. The van der Waals surface area contributed by atoms with Crippen molar-refractivity contribution in [2.24, 2.45) is 0 Å². The number of morpholine rings is 1. The molecule has 3 aliphatic rings. The van der Waals surface area contributed by atoms with Gasteiger partial charge in [-0.15, -0.1) is 0 Å². The molecule has 1 aromatic heterocycles. The fraction of sp³-hybridized carbons (Fsp3) is 0.706. The van der Waals surface area contributed by atoms with Gasteiger partial charge in [0.05, 0.1) is 26.0 Å². The molecule has 126 valence electrons. The Labute approximate surface area is 137 Å². The summed E-state index contributed by atoms with van der Waals surface area (Å²) in [7, 11) is 0. The highest BCUT2D eigenvalue weighted by Crippen LogP contribution is 2.33. The molecule has 0 spiro atoms. The first-order chi connectivity index (χ1) is 11.3. The van der Waals surface area contributed by atoms with Crippen LogP contribution in [0.4, 0.5) is 0 Å². The summed E-state index contributed by atoms with van der Waals surface area (Å²) >= 11 is 0. The van der Waals surface area contributed by atoms with Crippen molar-refractivity contribution in [3.05, 3.63) is 24.2 Å². The summed E-state index contributed by atoms with van der Waals surface area (Å²) < 4.78 is 10.9. The molecule has 3 fully saturated rings. The van der Waals surface area contributed by atoms with Crippen LogP contribution in [0.3, 0.4) is 0 Å². The molecule has 1 aromatic rings. The second-order valence-corrected chi connectivity index (χ2v) is 6.72. The molecule has 0 aromatic carbocycles. The van der Waals surface area contributed by atoms with Crippen LogP contribution in [0.25, 0.3) is 0 Å². The van der Waals surface area contributed by atoms with Crippen molar-refractivity contribution in [1.29, 1.82) is 0 Å². The molecule has 0 radical (unpaired) electrons. The summed E-state index contributed by atoms with van der Waals surface area (Å²) in [6, 6.07) is 4.69. The quantitative estimate of drug-likeness (QED) is 0.803. The highest BCUT2D eigenvalue weighted by Gasteiger charge is 2.46. The van der Waals surface area contributed by atoms with Crippen molar-refractivity contribution in [3.63, 3.8) is 0 Å². The van der Waals surface area contributed by atoms with E-state index in [0.717, 1.165) is 64.7 Å². The zero-order chi connectivity index (χ0) is 15.6. The van der Waals surface area contributed by atoms with Crippen LogP contribution < -0.4 is 0 Å². The van der Waals surface area contributed by atoms with Crippen LogP contribution in [0.2, 0.25) is 0 Å². The van der Waals surface area contributed by atoms with Gasteiger partial charge in [0.15, 0.2) is 0 Å². The lowest BCUT2D eigenvalue weighted by molar-refractivity contribution is -0.129. The number of furan rings is 1. The van der Waals surface area contributed by atoms with E-state index in [1.807, 2.05) is 12.1 Å². The number of hydrogen-bond donors (Lipinski definition) is 0. The van der Waals surface area contributed by atoms with E-state index in [9.17, 15) is 4.79 Å². The van der Waals surface area contributed by atoms with E-state index in [1.165, 1.54) is 0 Å². The minimum Gasteiger partial charge on any atom is -0.468 e. The number of ether oxygens (including phenoxy) is 1. The lowest BCUT2D eigenvalue weighted by atomic mass is 10.1. The summed E-state index contributed by atoms with van der Waals surface area (Å²) in [5.41, 5.74) is 0. The molecule has 3 saturated heterocycles. The maximum atomic E-state index is 12.4. The number of amides is 1. The Morgan fingerprint density at radius 2 is 2.00 bits per heavy atom. The van der Waals surface area contributed by atoms with Gasteiger partial charge in [0.25, 0.3) is 0 Å². The topological polar surface area (TPSA) is 49.2 Å². The van der Waals surface area contributed by atoms with Crippen LogP contribution in [0.5, 0.6) is 0 Å². The third-order valence-corrected chi connectivity index (χ3v) is 5.43. The lowest BCUT2D eigenvalue weighted by Gasteiger charge is -2.30. The SMILES string of the molecule is O=C1C[C@@H]2[C@H](CCN2Cc2ccco2)N1CCN1CCOCC1. The monoisotopic (exact) mass is 319 g/mol. The molecular weight excluding hydrogens is 294 g/mol. The van der Waals surface area contributed by atoms with E-state index in [4.69, 9.17) is 9.15 Å². The van der Waals surface area contributed by atoms with Gasteiger partial charge >= 0.3 is 0 Å². The molecule has 3 aliphatic heterocycles. The van der Waals surface area contributed by atoms with Crippen molar-refractivity contribution in [2.75, 3.05) is 45.9 Å². The van der Waals surface area contributed by atoms with Gasteiger partial charge in [0.2, 0.25) is 5.91 Å². The summed E-state index contributed by atoms with van der Waals surface area (Å²) in [6.45, 7) is 7.30. The lowest BCUT2D eigenvalue weighted by Crippen LogP contribution is -2.44. The number of hydrogen-bond acceptors (Lipinski definition) is 5. The van der Waals surface area contributed by atoms with Gasteiger partial charge < -0.3 is 14.1 Å². The molecule has 4 heterocycles. The first kappa shape index (κ1) is 15.2. The fourth-order valence-corrected chi connectivity index (χ4v) is 4.17. The normalized spacial score (nSPS) is 29.4. The average molecular weight is 319 g/mol. The number of carbonyl (C=O) groups excluding carboxylic acids is 1. The highest BCUT2D eigenvalue weighted by atomic mass is 16.5. The Hall–Kier alpha value is -1.37. The van der Waals surface area contributed by atoms with Gasteiger partial charge in [-0.3, -0.25) is 14.6 Å². The predicted molar refractivity (Wildman–Crippen MR) is 84.9 cm³/mol. The Morgan fingerprint density at radius 3 is 2.78 bits per heavy atom. The van der Waals surface area contributed by atoms with E-state index in [0.29, 0.717) is 24.4 Å². The van der Waals surface area contributed by atoms with Crippen molar-refractivity contribution in [2.45, 2.75) is 31.5 Å². The molecule has 6 nitrogen and oxygen atoms in total. The van der Waals surface area contributed by atoms with Gasteiger partial charge in [-0.05, 0) is 18.6 Å². The van der Waals surface area contributed by atoms with E-state index in [1.54, 1.807) is 6.26 Å². The minimum atomic E-state index is 0.317. The maximum Gasteiger partial charge on any atom is 0.224 e. The Balaban J connectivity index is 1.34. The Morgan fingerprint density at radius 1 is 1.13 bits per heavy atom. The molecule has 0 N–H and O–H groups in total. The number of rotatable bonds is 5. The van der Waals surface area contributed by atoms with Crippen molar-refractivity contribution < 1.29 is 13.9 Å². The minimum absolute atomic E-state index is 0.317. The van der Waals surface area contributed by atoms with Crippen LogP contribution in [0, 0.1) is 0 Å². The van der Waals surface area contributed by atoms with E-state index in [-0.39, 0.29) is 0 Å². The number of carbonyl (C=O) groups is 1. The van der Waals surface area contributed by atoms with Crippen LogP contribution in [0.1, 0.15) is 18.6 Å². The summed E-state index contributed by atoms with van der Waals surface area (Å²) in [4.78, 5) is 19.4. The smallest absolute Gasteiger partial charge is 0.224 e. The molecular formula is C17H25N3O3. The Bertz CT molecular complexity index is 527. The van der Waals surface area contributed by atoms with Crippen molar-refractivity contribution in [1.82, 2.24) is 14.7 Å². The second kappa shape index (κ2) is 6.63. The largest absolute Gasteiger partial charge is 0.468 e. The summed E-state index contributed by atoms with van der Waals surface area (Å²) in [5.74, 6) is 1.31. The van der Waals surface area contributed by atoms with Gasteiger partial charge in [-0.1, -0.05) is 0 Å². The molecule has 0 saturated carbocycles. The van der Waals surface area contributed by atoms with Crippen molar-refractivity contribution >= 4 is 5.91 Å². The van der Waals surface area contributed by atoms with Gasteiger partial charge in [-0.2, -0.15) is 0 Å². The fourth-order valence-electron chi connectivity index (χ4n) is 4.17. The molecule has 0 aliphatic carbocycles. The zero-order valence-corrected chi connectivity index (χ0v) is 13.5. The average Bonchev–Trinajstić information content (AvgIpc) is 3.27. The van der Waals surface area contributed by atoms with Gasteiger partial charge in [0.1, 0.15) is 5.76 Å². The van der Waals surface area contributed by atoms with E-state index in [2.05, 4.69) is 14.7 Å². The van der Waals surface area contributed by atoms with Crippen molar-refractivity contribution in [3.8, 4) is 0 Å². The van der Waals surface area contributed by atoms with Crippen LogP contribution in [-0.4, -0.2) is 78.6 Å². The maximum absolute atomic E-state index is 12.4. The van der Waals surface area contributed by atoms with Gasteiger partial charge in [0, 0.05) is 51.2 Å². The first-order valence-electron chi connectivity index (χ1n) is 8.67. The third kappa shape index (κ3) is 3.16. The second-order valence-electron chi connectivity index (χ2n) is 6.72. The molecule has 0 unspecified atom stereocenters.